The first-order valence-corrected chi connectivity index (χ1v) is 11.3. The number of sulfonamides is 1. The number of benzene rings is 2. The molecular formula is C22H28N2O3S. The highest BCUT2D eigenvalue weighted by atomic mass is 32.2. The van der Waals surface area contributed by atoms with Gasteiger partial charge in [0.05, 0.1) is 4.90 Å². The number of carbonyl (C=O) groups excluding carboxylic acids is 1. The van der Waals surface area contributed by atoms with Gasteiger partial charge in [0, 0.05) is 24.7 Å². The highest BCUT2D eigenvalue weighted by molar-refractivity contribution is 7.89. The minimum Gasteiger partial charge on any atom is -0.312 e. The zero-order valence-electron chi connectivity index (χ0n) is 17.0. The molecule has 0 aromatic heterocycles. The van der Waals surface area contributed by atoms with Crippen molar-refractivity contribution in [2.45, 2.75) is 57.9 Å². The Morgan fingerprint density at radius 2 is 1.89 bits per heavy atom. The number of nitrogens with zero attached hydrogens (tertiary/aromatic N) is 1. The van der Waals surface area contributed by atoms with Gasteiger partial charge in [0.15, 0.2) is 0 Å². The first kappa shape index (κ1) is 20.6. The van der Waals surface area contributed by atoms with Crippen LogP contribution in [0.3, 0.4) is 0 Å². The van der Waals surface area contributed by atoms with E-state index < -0.39 is 10.0 Å². The van der Waals surface area contributed by atoms with E-state index in [0.717, 1.165) is 27.9 Å². The normalized spacial score (nSPS) is 14.8. The predicted octanol–water partition coefficient (Wildman–Crippen LogP) is 4.03. The van der Waals surface area contributed by atoms with E-state index in [2.05, 4.69) is 10.8 Å². The van der Waals surface area contributed by atoms with Gasteiger partial charge in [-0.1, -0.05) is 37.6 Å². The Labute approximate surface area is 167 Å². The SMILES string of the molecule is CCC(=O)N1CCc2cc(S(=O)(=O)N[C@H](CC)c3ccc(C)cc3C)ccc21. The molecule has 2 aromatic rings. The van der Waals surface area contributed by atoms with E-state index in [1.807, 2.05) is 39.8 Å². The fraction of sp³-hybridized carbons (Fsp3) is 0.409. The van der Waals surface area contributed by atoms with E-state index in [4.69, 9.17) is 0 Å². The van der Waals surface area contributed by atoms with Crippen molar-refractivity contribution in [2.75, 3.05) is 11.4 Å². The molecule has 0 unspecified atom stereocenters. The third-order valence-corrected chi connectivity index (χ3v) is 6.84. The van der Waals surface area contributed by atoms with E-state index in [0.29, 0.717) is 25.8 Å². The Morgan fingerprint density at radius 3 is 2.54 bits per heavy atom. The topological polar surface area (TPSA) is 66.5 Å². The Hall–Kier alpha value is -2.18. The van der Waals surface area contributed by atoms with Crippen LogP contribution in [0.15, 0.2) is 41.3 Å². The lowest BCUT2D eigenvalue weighted by atomic mass is 9.98. The molecule has 1 aliphatic heterocycles. The van der Waals surface area contributed by atoms with Crippen molar-refractivity contribution in [1.29, 1.82) is 0 Å². The van der Waals surface area contributed by atoms with E-state index in [1.54, 1.807) is 23.1 Å². The van der Waals surface area contributed by atoms with E-state index in [-0.39, 0.29) is 16.8 Å². The van der Waals surface area contributed by atoms with Gasteiger partial charge in [-0.25, -0.2) is 13.1 Å². The quantitative estimate of drug-likeness (QED) is 0.796. The number of hydrogen-bond donors (Lipinski definition) is 1. The molecular weight excluding hydrogens is 372 g/mol. The molecule has 1 N–H and O–H groups in total. The van der Waals surface area contributed by atoms with Crippen LogP contribution in [0.5, 0.6) is 0 Å². The summed E-state index contributed by atoms with van der Waals surface area (Å²) in [7, 11) is -3.66. The minimum atomic E-state index is -3.66. The number of nitrogens with one attached hydrogen (secondary N) is 1. The van der Waals surface area contributed by atoms with Crippen molar-refractivity contribution in [2.24, 2.45) is 0 Å². The van der Waals surface area contributed by atoms with Crippen LogP contribution < -0.4 is 9.62 Å². The summed E-state index contributed by atoms with van der Waals surface area (Å²) < 4.78 is 28.9. The molecule has 150 valence electrons. The lowest BCUT2D eigenvalue weighted by Gasteiger charge is -2.20. The van der Waals surface area contributed by atoms with Crippen molar-refractivity contribution in [1.82, 2.24) is 4.72 Å². The number of carbonyl (C=O) groups is 1. The zero-order valence-corrected chi connectivity index (χ0v) is 17.8. The lowest BCUT2D eigenvalue weighted by molar-refractivity contribution is -0.118. The third kappa shape index (κ3) is 3.98. The second kappa shape index (κ2) is 8.05. The van der Waals surface area contributed by atoms with Crippen LogP contribution in [0, 0.1) is 13.8 Å². The monoisotopic (exact) mass is 400 g/mol. The van der Waals surface area contributed by atoms with Gasteiger partial charge in [-0.2, -0.15) is 0 Å². The Morgan fingerprint density at radius 1 is 1.14 bits per heavy atom. The standard InChI is InChI=1S/C22H28N2O3S/c1-5-20(19-9-7-15(3)13-16(19)4)23-28(26,27)18-8-10-21-17(14-18)11-12-24(21)22(25)6-2/h7-10,13-14,20,23H,5-6,11-12H2,1-4H3/t20-/m1/s1. The lowest BCUT2D eigenvalue weighted by Crippen LogP contribution is -2.29. The molecule has 3 rings (SSSR count). The Kier molecular flexibility index (Phi) is 5.91. The molecule has 1 aliphatic rings. The predicted molar refractivity (Wildman–Crippen MR) is 112 cm³/mol. The van der Waals surface area contributed by atoms with Crippen LogP contribution in [-0.2, 0) is 21.2 Å². The second-order valence-electron chi connectivity index (χ2n) is 7.38. The molecule has 0 radical (unpaired) electrons. The van der Waals surface area contributed by atoms with Gasteiger partial charge in [-0.15, -0.1) is 0 Å². The van der Waals surface area contributed by atoms with E-state index >= 15 is 0 Å². The second-order valence-corrected chi connectivity index (χ2v) is 9.10. The van der Waals surface area contributed by atoms with Crippen molar-refractivity contribution >= 4 is 21.6 Å². The molecule has 1 atom stereocenters. The van der Waals surface area contributed by atoms with Crippen molar-refractivity contribution in [3.8, 4) is 0 Å². The number of anilines is 1. The summed E-state index contributed by atoms with van der Waals surface area (Å²) in [5.74, 6) is 0.0633. The number of aryl methyl sites for hydroxylation is 2. The van der Waals surface area contributed by atoms with Crippen molar-refractivity contribution < 1.29 is 13.2 Å². The molecule has 0 saturated carbocycles. The van der Waals surface area contributed by atoms with E-state index in [1.165, 1.54) is 0 Å². The first-order valence-electron chi connectivity index (χ1n) is 9.79. The van der Waals surface area contributed by atoms with Gasteiger partial charge in [0.2, 0.25) is 15.9 Å². The molecule has 1 heterocycles. The highest BCUT2D eigenvalue weighted by Gasteiger charge is 2.27. The summed E-state index contributed by atoms with van der Waals surface area (Å²) in [6, 6.07) is 10.8. The van der Waals surface area contributed by atoms with Crippen LogP contribution in [0.1, 0.15) is 55.0 Å². The molecule has 0 bridgehead atoms. The third-order valence-electron chi connectivity index (χ3n) is 5.37. The fourth-order valence-electron chi connectivity index (χ4n) is 3.83. The molecule has 0 fully saturated rings. The molecule has 0 aliphatic carbocycles. The summed E-state index contributed by atoms with van der Waals surface area (Å²) in [6.07, 6.45) is 1.78. The zero-order chi connectivity index (χ0) is 20.5. The Balaban J connectivity index is 1.88. The smallest absolute Gasteiger partial charge is 0.241 e. The molecule has 5 nitrogen and oxygen atoms in total. The first-order chi connectivity index (χ1) is 13.3. The van der Waals surface area contributed by atoms with E-state index in [9.17, 15) is 13.2 Å². The van der Waals surface area contributed by atoms with Crippen molar-refractivity contribution in [3.05, 3.63) is 58.7 Å². The summed E-state index contributed by atoms with van der Waals surface area (Å²) in [5.41, 5.74) is 4.97. The van der Waals surface area contributed by atoms with Gasteiger partial charge < -0.3 is 4.90 Å². The molecule has 2 aromatic carbocycles. The van der Waals surface area contributed by atoms with Gasteiger partial charge in [-0.3, -0.25) is 4.79 Å². The van der Waals surface area contributed by atoms with Crippen LogP contribution in [0.2, 0.25) is 0 Å². The molecule has 0 spiro atoms. The van der Waals surface area contributed by atoms with Gasteiger partial charge in [-0.05, 0) is 61.6 Å². The Bertz CT molecular complexity index is 999. The average Bonchev–Trinajstić information content (AvgIpc) is 3.09. The maximum absolute atomic E-state index is 13.0. The van der Waals surface area contributed by atoms with Crippen molar-refractivity contribution in [3.63, 3.8) is 0 Å². The van der Waals surface area contributed by atoms with Crippen LogP contribution in [0.4, 0.5) is 5.69 Å². The van der Waals surface area contributed by atoms with Gasteiger partial charge >= 0.3 is 0 Å². The summed E-state index contributed by atoms with van der Waals surface area (Å²) in [5, 5.41) is 0. The number of rotatable bonds is 6. The number of hydrogen-bond acceptors (Lipinski definition) is 3. The molecule has 6 heteroatoms. The minimum absolute atomic E-state index is 0.0633. The van der Waals surface area contributed by atoms with Gasteiger partial charge in [0.1, 0.15) is 0 Å². The summed E-state index contributed by atoms with van der Waals surface area (Å²) >= 11 is 0. The number of fused-ring (bicyclic) bond motifs is 1. The summed E-state index contributed by atoms with van der Waals surface area (Å²) in [6.45, 7) is 8.45. The molecule has 0 saturated heterocycles. The molecule has 1 amide bonds. The van der Waals surface area contributed by atoms with Crippen LogP contribution in [-0.4, -0.2) is 20.9 Å². The average molecular weight is 401 g/mol. The summed E-state index contributed by atoms with van der Waals surface area (Å²) in [4.78, 5) is 14.0. The number of amides is 1. The fourth-order valence-corrected chi connectivity index (χ4v) is 5.18. The van der Waals surface area contributed by atoms with Crippen LogP contribution >= 0.6 is 0 Å². The van der Waals surface area contributed by atoms with Crippen LogP contribution in [0.25, 0.3) is 0 Å². The maximum Gasteiger partial charge on any atom is 0.241 e. The van der Waals surface area contributed by atoms with Gasteiger partial charge in [0.25, 0.3) is 0 Å². The maximum atomic E-state index is 13.0. The molecule has 28 heavy (non-hydrogen) atoms. The highest BCUT2D eigenvalue weighted by Crippen LogP contribution is 2.31. The largest absolute Gasteiger partial charge is 0.312 e.